The zero-order valence-corrected chi connectivity index (χ0v) is 41.2. The van der Waals surface area contributed by atoms with Gasteiger partial charge >= 0.3 is 0 Å². The molecule has 0 rings (SSSR count). The van der Waals surface area contributed by atoms with Crippen LogP contribution in [-0.4, -0.2) is 34.9 Å². The maximum Gasteiger partial charge on any atom is 0.220 e. The molecule has 0 aromatic heterocycles. The maximum absolute atomic E-state index is 12.5. The summed E-state index contributed by atoms with van der Waals surface area (Å²) < 4.78 is 0. The summed E-state index contributed by atoms with van der Waals surface area (Å²) in [5.74, 6) is -0.0754. The molecule has 4 nitrogen and oxygen atoms in total. The quantitative estimate of drug-likeness (QED) is 0.0422. The number of rotatable bonds is 50. The number of aliphatic hydroxyl groups excluding tert-OH is 2. The van der Waals surface area contributed by atoms with Gasteiger partial charge in [0.25, 0.3) is 0 Å². The molecule has 0 spiro atoms. The second kappa shape index (κ2) is 52.7. The Morgan fingerprint density at radius 1 is 0.377 bits per heavy atom. The van der Waals surface area contributed by atoms with Crippen molar-refractivity contribution in [2.75, 3.05) is 6.61 Å². The molecule has 0 aliphatic carbocycles. The highest BCUT2D eigenvalue weighted by molar-refractivity contribution is 5.76. The van der Waals surface area contributed by atoms with E-state index in [1.807, 2.05) is 6.08 Å². The summed E-state index contributed by atoms with van der Waals surface area (Å²) in [6.07, 6.45) is 72.7. The lowest BCUT2D eigenvalue weighted by molar-refractivity contribution is -0.123. The van der Waals surface area contributed by atoms with E-state index in [2.05, 4.69) is 55.6 Å². The Hall–Kier alpha value is -1.65. The van der Waals surface area contributed by atoms with Gasteiger partial charge in [-0.3, -0.25) is 4.79 Å². The van der Waals surface area contributed by atoms with Crippen LogP contribution in [0.4, 0.5) is 0 Å². The van der Waals surface area contributed by atoms with Gasteiger partial charge in [-0.15, -0.1) is 0 Å². The number of unbranched alkanes of at least 4 members (excludes halogenated alkanes) is 37. The van der Waals surface area contributed by atoms with E-state index in [1.165, 1.54) is 231 Å². The van der Waals surface area contributed by atoms with Crippen LogP contribution in [0.5, 0.6) is 0 Å². The maximum atomic E-state index is 12.5. The molecule has 0 saturated carbocycles. The summed E-state index contributed by atoms with van der Waals surface area (Å²) in [5.41, 5.74) is 0. The van der Waals surface area contributed by atoms with Gasteiger partial charge in [-0.25, -0.2) is 0 Å². The van der Waals surface area contributed by atoms with Crippen LogP contribution in [-0.2, 0) is 4.79 Å². The Bertz CT molecular complexity index is 970. The van der Waals surface area contributed by atoms with Crippen molar-refractivity contribution in [3.05, 3.63) is 48.6 Å². The molecule has 1 amide bonds. The average Bonchev–Trinajstić information content (AvgIpc) is 3.26. The van der Waals surface area contributed by atoms with Crippen LogP contribution >= 0.6 is 0 Å². The minimum atomic E-state index is -0.871. The zero-order chi connectivity index (χ0) is 44.2. The molecule has 4 heteroatoms. The van der Waals surface area contributed by atoms with Crippen molar-refractivity contribution in [3.8, 4) is 0 Å². The Morgan fingerprint density at radius 3 is 0.951 bits per heavy atom. The molecular weight excluding hydrogens is 747 g/mol. The van der Waals surface area contributed by atoms with Gasteiger partial charge in [0.1, 0.15) is 0 Å². The van der Waals surface area contributed by atoms with Gasteiger partial charge in [0.05, 0.1) is 18.8 Å². The Kier molecular flexibility index (Phi) is 51.3. The lowest BCUT2D eigenvalue weighted by atomic mass is 10.0. The molecule has 0 saturated heterocycles. The summed E-state index contributed by atoms with van der Waals surface area (Å²) in [6, 6.07) is -0.646. The van der Waals surface area contributed by atoms with E-state index in [0.717, 1.165) is 38.5 Å². The molecule has 2 unspecified atom stereocenters. The van der Waals surface area contributed by atoms with Crippen LogP contribution in [0.2, 0.25) is 0 Å². The molecule has 0 radical (unpaired) electrons. The molecule has 0 bridgehead atoms. The minimum Gasteiger partial charge on any atom is -0.394 e. The van der Waals surface area contributed by atoms with Crippen molar-refractivity contribution < 1.29 is 15.0 Å². The van der Waals surface area contributed by atoms with Crippen LogP contribution < -0.4 is 5.32 Å². The highest BCUT2D eigenvalue weighted by Crippen LogP contribution is 2.16. The number of nitrogens with one attached hydrogen (secondary N) is 1. The highest BCUT2D eigenvalue weighted by atomic mass is 16.3. The van der Waals surface area contributed by atoms with Crippen molar-refractivity contribution in [2.45, 2.75) is 302 Å². The smallest absolute Gasteiger partial charge is 0.220 e. The number of aliphatic hydroxyl groups is 2. The first-order chi connectivity index (χ1) is 30.2. The number of carbonyl (C=O) groups excluding carboxylic acids is 1. The normalized spacial score (nSPS) is 13.2. The molecule has 3 N–H and O–H groups in total. The summed E-state index contributed by atoms with van der Waals surface area (Å²) in [7, 11) is 0. The van der Waals surface area contributed by atoms with Crippen LogP contribution in [0.25, 0.3) is 0 Å². The third-order valence-electron chi connectivity index (χ3n) is 12.5. The summed E-state index contributed by atoms with van der Waals surface area (Å²) in [4.78, 5) is 12.5. The van der Waals surface area contributed by atoms with Crippen molar-refractivity contribution >= 4 is 5.91 Å². The Labute approximate surface area is 382 Å². The Balaban J connectivity index is 3.56. The van der Waals surface area contributed by atoms with Crippen molar-refractivity contribution in [1.29, 1.82) is 0 Å². The molecule has 0 fully saturated rings. The predicted molar refractivity (Wildman–Crippen MR) is 271 cm³/mol. The molecule has 0 aromatic carbocycles. The molecule has 0 aromatic rings. The van der Waals surface area contributed by atoms with Gasteiger partial charge in [0.15, 0.2) is 0 Å². The number of hydrogen-bond acceptors (Lipinski definition) is 3. The lowest BCUT2D eigenvalue weighted by Crippen LogP contribution is -2.45. The fraction of sp³-hybridized carbons (Fsp3) is 0.842. The monoisotopic (exact) mass is 854 g/mol. The van der Waals surface area contributed by atoms with E-state index in [4.69, 9.17) is 0 Å². The van der Waals surface area contributed by atoms with E-state index in [9.17, 15) is 15.0 Å². The largest absolute Gasteiger partial charge is 0.394 e. The zero-order valence-electron chi connectivity index (χ0n) is 41.2. The van der Waals surface area contributed by atoms with E-state index in [-0.39, 0.29) is 12.5 Å². The molecule has 358 valence electrons. The van der Waals surface area contributed by atoms with Crippen molar-refractivity contribution in [2.24, 2.45) is 0 Å². The van der Waals surface area contributed by atoms with Crippen LogP contribution in [0, 0.1) is 0 Å². The molecule has 0 heterocycles. The van der Waals surface area contributed by atoms with Gasteiger partial charge in [-0.1, -0.05) is 262 Å². The second-order valence-electron chi connectivity index (χ2n) is 18.6. The lowest BCUT2D eigenvalue weighted by Gasteiger charge is -2.19. The molecular formula is C57H107NO3. The van der Waals surface area contributed by atoms with Gasteiger partial charge in [-0.05, 0) is 70.6 Å². The van der Waals surface area contributed by atoms with E-state index in [0.29, 0.717) is 6.42 Å². The number of amides is 1. The molecule has 0 aliphatic heterocycles. The first kappa shape index (κ1) is 59.4. The molecule has 0 aliphatic rings. The van der Waals surface area contributed by atoms with Gasteiger partial charge < -0.3 is 15.5 Å². The fourth-order valence-electron chi connectivity index (χ4n) is 8.32. The average molecular weight is 854 g/mol. The minimum absolute atomic E-state index is 0.0754. The van der Waals surface area contributed by atoms with E-state index < -0.39 is 12.1 Å². The van der Waals surface area contributed by atoms with Gasteiger partial charge in [0.2, 0.25) is 5.91 Å². The van der Waals surface area contributed by atoms with Crippen molar-refractivity contribution in [3.63, 3.8) is 0 Å². The topological polar surface area (TPSA) is 69.6 Å². The summed E-state index contributed by atoms with van der Waals surface area (Å²) in [5, 5.41) is 23.1. The summed E-state index contributed by atoms with van der Waals surface area (Å²) in [6.45, 7) is 4.32. The summed E-state index contributed by atoms with van der Waals surface area (Å²) >= 11 is 0. The molecule has 61 heavy (non-hydrogen) atoms. The van der Waals surface area contributed by atoms with E-state index in [1.54, 1.807) is 6.08 Å². The predicted octanol–water partition coefficient (Wildman–Crippen LogP) is 17.9. The number of hydrogen-bond donors (Lipinski definition) is 3. The first-order valence-electron chi connectivity index (χ1n) is 27.4. The van der Waals surface area contributed by atoms with Crippen LogP contribution in [0.1, 0.15) is 290 Å². The van der Waals surface area contributed by atoms with Gasteiger partial charge in [0, 0.05) is 6.42 Å². The van der Waals surface area contributed by atoms with Crippen molar-refractivity contribution in [1.82, 2.24) is 5.32 Å². The second-order valence-corrected chi connectivity index (χ2v) is 18.6. The van der Waals surface area contributed by atoms with E-state index >= 15 is 0 Å². The fourth-order valence-corrected chi connectivity index (χ4v) is 8.32. The van der Waals surface area contributed by atoms with Crippen LogP contribution in [0.15, 0.2) is 48.6 Å². The number of carbonyl (C=O) groups is 1. The van der Waals surface area contributed by atoms with Gasteiger partial charge in [-0.2, -0.15) is 0 Å². The first-order valence-corrected chi connectivity index (χ1v) is 27.4. The standard InChI is InChI=1S/C57H107NO3/c1-3-5-7-9-11-13-15-17-19-21-23-25-27-29-31-33-35-37-39-41-43-45-47-49-51-53-57(61)58-55(54-59)56(60)52-50-48-46-44-42-40-38-36-34-32-30-28-26-24-22-20-18-16-14-12-10-8-6-4-2/h21,23,34,36,42,44,50,52,55-56,59-60H,3-20,22,24-33,35,37-41,43,45-49,51,53-54H2,1-2H3,(H,58,61)/b23-21-,36-34+,44-42+,52-50+. The third kappa shape index (κ3) is 49.2. The number of allylic oxidation sites excluding steroid dienone is 7. The Morgan fingerprint density at radius 2 is 0.639 bits per heavy atom. The molecule has 2 atom stereocenters. The highest BCUT2D eigenvalue weighted by Gasteiger charge is 2.18. The van der Waals surface area contributed by atoms with Crippen LogP contribution in [0.3, 0.4) is 0 Å². The SMILES string of the molecule is CCCCCCCCCC/C=C\CCCCCCCCCCCCCCCC(=O)NC(CO)C(O)/C=C/CC/C=C/CC/C=C/CCCCCCCCCCCCCCCC. The third-order valence-corrected chi connectivity index (χ3v) is 12.5.